The zero-order chi connectivity index (χ0) is 13.1. The molecule has 3 aliphatic rings. The highest BCUT2D eigenvalue weighted by Crippen LogP contribution is 2.64. The summed E-state index contributed by atoms with van der Waals surface area (Å²) >= 11 is 0. The molecular weight excluding hydrogens is 228 g/mol. The van der Waals surface area contributed by atoms with Crippen molar-refractivity contribution >= 4 is 11.8 Å². The Morgan fingerprint density at radius 1 is 1.33 bits per heavy atom. The van der Waals surface area contributed by atoms with Crippen LogP contribution in [0, 0.1) is 22.7 Å². The summed E-state index contributed by atoms with van der Waals surface area (Å²) in [6.45, 7) is 8.79. The molecule has 18 heavy (non-hydrogen) atoms. The SMILES string of the molecule is C=C1COC(=O)[C@@]12C[C@H]1CC(=O)C[C@H](C)[C@@]1(C)C2. The number of ether oxygens (including phenoxy) is 1. The number of hydrogen-bond donors (Lipinski definition) is 0. The van der Waals surface area contributed by atoms with E-state index in [2.05, 4.69) is 20.4 Å². The largest absolute Gasteiger partial charge is 0.460 e. The number of carbonyl (C=O) groups is 2. The lowest BCUT2D eigenvalue weighted by Crippen LogP contribution is -2.37. The fraction of sp³-hybridized carbons (Fsp3) is 0.733. The van der Waals surface area contributed by atoms with Crippen LogP contribution in [0.15, 0.2) is 12.2 Å². The van der Waals surface area contributed by atoms with E-state index in [1.165, 1.54) is 0 Å². The number of fused-ring (bicyclic) bond motifs is 1. The molecule has 0 aromatic carbocycles. The van der Waals surface area contributed by atoms with Gasteiger partial charge < -0.3 is 4.74 Å². The van der Waals surface area contributed by atoms with E-state index >= 15 is 0 Å². The van der Waals surface area contributed by atoms with Gasteiger partial charge >= 0.3 is 5.97 Å². The fourth-order valence-corrected chi connectivity index (χ4v) is 4.33. The highest BCUT2D eigenvalue weighted by molar-refractivity contribution is 5.85. The summed E-state index contributed by atoms with van der Waals surface area (Å²) < 4.78 is 5.19. The zero-order valence-corrected chi connectivity index (χ0v) is 11.1. The monoisotopic (exact) mass is 248 g/mol. The quantitative estimate of drug-likeness (QED) is 0.488. The number of hydrogen-bond acceptors (Lipinski definition) is 3. The van der Waals surface area contributed by atoms with Gasteiger partial charge in [-0.15, -0.1) is 0 Å². The third-order valence-corrected chi connectivity index (χ3v) is 5.79. The molecule has 0 radical (unpaired) electrons. The lowest BCUT2D eigenvalue weighted by Gasteiger charge is -2.41. The average molecular weight is 248 g/mol. The van der Waals surface area contributed by atoms with Gasteiger partial charge in [-0.3, -0.25) is 9.59 Å². The Bertz CT molecular complexity index is 435. The molecule has 3 heteroatoms. The Hall–Kier alpha value is -1.12. The molecule has 1 saturated heterocycles. The van der Waals surface area contributed by atoms with Gasteiger partial charge in [0.05, 0.1) is 5.41 Å². The van der Waals surface area contributed by atoms with Gasteiger partial charge in [-0.2, -0.15) is 0 Å². The van der Waals surface area contributed by atoms with E-state index in [1.54, 1.807) is 0 Å². The van der Waals surface area contributed by atoms with Gasteiger partial charge in [0.2, 0.25) is 0 Å². The number of carbonyl (C=O) groups excluding carboxylic acids is 2. The topological polar surface area (TPSA) is 43.4 Å². The van der Waals surface area contributed by atoms with Gasteiger partial charge in [-0.25, -0.2) is 0 Å². The summed E-state index contributed by atoms with van der Waals surface area (Å²) in [6, 6.07) is 0. The van der Waals surface area contributed by atoms with Crippen molar-refractivity contribution in [2.45, 2.75) is 39.5 Å². The van der Waals surface area contributed by atoms with Crippen LogP contribution in [0.3, 0.4) is 0 Å². The smallest absolute Gasteiger partial charge is 0.316 e. The van der Waals surface area contributed by atoms with Crippen molar-refractivity contribution in [2.24, 2.45) is 22.7 Å². The van der Waals surface area contributed by atoms with Crippen LogP contribution in [-0.4, -0.2) is 18.4 Å². The number of Topliss-reactive ketones (excluding diaryl/α,β-unsaturated/α-hetero) is 1. The summed E-state index contributed by atoms with van der Waals surface area (Å²) in [4.78, 5) is 23.9. The van der Waals surface area contributed by atoms with Gasteiger partial charge in [-0.1, -0.05) is 20.4 Å². The molecule has 3 fully saturated rings. The Labute approximate surface area is 108 Å². The maximum Gasteiger partial charge on any atom is 0.316 e. The van der Waals surface area contributed by atoms with Crippen LogP contribution in [-0.2, 0) is 14.3 Å². The molecule has 2 saturated carbocycles. The first-order valence-corrected chi connectivity index (χ1v) is 6.76. The second kappa shape index (κ2) is 3.46. The minimum atomic E-state index is -0.488. The molecule has 3 rings (SSSR count). The van der Waals surface area contributed by atoms with Crippen molar-refractivity contribution in [3.8, 4) is 0 Å². The van der Waals surface area contributed by atoms with Crippen LogP contribution in [0.25, 0.3) is 0 Å². The van der Waals surface area contributed by atoms with Crippen LogP contribution >= 0.6 is 0 Å². The third-order valence-electron chi connectivity index (χ3n) is 5.79. The number of cyclic esters (lactones) is 1. The Balaban J connectivity index is 2.00. The molecule has 0 aromatic heterocycles. The molecule has 0 N–H and O–H groups in total. The van der Waals surface area contributed by atoms with Gasteiger partial charge in [0.25, 0.3) is 0 Å². The van der Waals surface area contributed by atoms with Crippen LogP contribution < -0.4 is 0 Å². The highest BCUT2D eigenvalue weighted by atomic mass is 16.5. The molecule has 0 unspecified atom stereocenters. The van der Waals surface area contributed by atoms with Gasteiger partial charge in [0, 0.05) is 12.8 Å². The molecule has 3 nitrogen and oxygen atoms in total. The minimum absolute atomic E-state index is 0.0835. The number of rotatable bonds is 0. The van der Waals surface area contributed by atoms with Gasteiger partial charge in [0.1, 0.15) is 12.4 Å². The summed E-state index contributed by atoms with van der Waals surface area (Å²) in [5, 5.41) is 0. The molecule has 4 atom stereocenters. The molecule has 98 valence electrons. The molecule has 2 aliphatic carbocycles. The van der Waals surface area contributed by atoms with E-state index in [0.717, 1.165) is 18.4 Å². The summed E-state index contributed by atoms with van der Waals surface area (Å²) in [7, 11) is 0. The average Bonchev–Trinajstić information content (AvgIpc) is 2.73. The fourth-order valence-electron chi connectivity index (χ4n) is 4.33. The third kappa shape index (κ3) is 1.30. The summed E-state index contributed by atoms with van der Waals surface area (Å²) in [5.41, 5.74) is 0.515. The molecular formula is C15H20O3. The van der Waals surface area contributed by atoms with Gasteiger partial charge in [-0.05, 0) is 35.7 Å². The summed E-state index contributed by atoms with van der Waals surface area (Å²) in [5.74, 6) is 0.905. The lowest BCUT2D eigenvalue weighted by atomic mass is 9.63. The first-order chi connectivity index (χ1) is 8.38. The maximum absolute atomic E-state index is 12.1. The highest BCUT2D eigenvalue weighted by Gasteiger charge is 2.62. The minimum Gasteiger partial charge on any atom is -0.460 e. The normalized spacial score (nSPS) is 47.6. The molecule has 0 bridgehead atoms. The van der Waals surface area contributed by atoms with Crippen LogP contribution in [0.5, 0.6) is 0 Å². The molecule has 0 aromatic rings. The van der Waals surface area contributed by atoms with Crippen LogP contribution in [0.1, 0.15) is 39.5 Å². The van der Waals surface area contributed by atoms with Crippen LogP contribution in [0.4, 0.5) is 0 Å². The zero-order valence-electron chi connectivity index (χ0n) is 11.1. The number of esters is 1. The summed E-state index contributed by atoms with van der Waals surface area (Å²) in [6.07, 6.45) is 2.86. The van der Waals surface area contributed by atoms with E-state index in [1.807, 2.05) is 0 Å². The van der Waals surface area contributed by atoms with E-state index in [-0.39, 0.29) is 11.4 Å². The molecule has 1 spiro atoms. The second-order valence-electron chi connectivity index (χ2n) is 6.69. The lowest BCUT2D eigenvalue weighted by molar-refractivity contribution is -0.146. The van der Waals surface area contributed by atoms with E-state index < -0.39 is 5.41 Å². The van der Waals surface area contributed by atoms with Crippen molar-refractivity contribution in [1.82, 2.24) is 0 Å². The van der Waals surface area contributed by atoms with Gasteiger partial charge in [0.15, 0.2) is 0 Å². The van der Waals surface area contributed by atoms with E-state index in [4.69, 9.17) is 4.74 Å². The molecule has 1 aliphatic heterocycles. The maximum atomic E-state index is 12.1. The molecule has 1 heterocycles. The Morgan fingerprint density at radius 3 is 2.67 bits per heavy atom. The van der Waals surface area contributed by atoms with Crippen LogP contribution in [0.2, 0.25) is 0 Å². The standard InChI is InChI=1S/C15H20O3/c1-9-4-12(16)5-11-6-15(8-14(9,11)3)10(2)7-18-13(15)17/h9,11H,2,4-8H2,1,3H3/t9-,11+,14+,15+/m0/s1. The Kier molecular flexibility index (Phi) is 2.30. The van der Waals surface area contributed by atoms with Crippen molar-refractivity contribution in [2.75, 3.05) is 6.61 Å². The van der Waals surface area contributed by atoms with Crippen molar-refractivity contribution in [3.63, 3.8) is 0 Å². The molecule has 0 amide bonds. The first kappa shape index (κ1) is 11.9. The number of ketones is 1. The van der Waals surface area contributed by atoms with Crippen molar-refractivity contribution < 1.29 is 14.3 Å². The first-order valence-electron chi connectivity index (χ1n) is 6.76. The van der Waals surface area contributed by atoms with E-state index in [0.29, 0.717) is 37.1 Å². The predicted molar refractivity (Wildman–Crippen MR) is 66.8 cm³/mol. The van der Waals surface area contributed by atoms with Crippen molar-refractivity contribution in [1.29, 1.82) is 0 Å². The second-order valence-corrected chi connectivity index (χ2v) is 6.69. The van der Waals surface area contributed by atoms with E-state index in [9.17, 15) is 9.59 Å². The Morgan fingerprint density at radius 2 is 2.06 bits per heavy atom. The van der Waals surface area contributed by atoms with Crippen molar-refractivity contribution in [3.05, 3.63) is 12.2 Å². The predicted octanol–water partition coefficient (Wildman–Crippen LogP) is 2.50.